The summed E-state index contributed by atoms with van der Waals surface area (Å²) in [4.78, 5) is 35.7. The Bertz CT molecular complexity index is 720. The fourth-order valence-corrected chi connectivity index (χ4v) is 2.14. The number of ether oxygens (including phenoxy) is 1. The number of hydrogen-bond donors (Lipinski definition) is 3. The molecule has 12 heteroatoms. The van der Waals surface area contributed by atoms with Crippen molar-refractivity contribution in [1.82, 2.24) is 21.1 Å². The molecule has 2 rings (SSSR count). The third-order valence-electron chi connectivity index (χ3n) is 3.59. The molecule has 1 fully saturated rings. The van der Waals surface area contributed by atoms with Crippen LogP contribution in [0.5, 0.6) is 0 Å². The highest BCUT2D eigenvalue weighted by molar-refractivity contribution is 5.95. The number of amides is 4. The van der Waals surface area contributed by atoms with Gasteiger partial charge in [-0.05, 0) is 12.1 Å². The van der Waals surface area contributed by atoms with Crippen molar-refractivity contribution in [2.24, 2.45) is 0 Å². The number of hydrazine groups is 1. The van der Waals surface area contributed by atoms with Gasteiger partial charge in [-0.15, -0.1) is 0 Å². The van der Waals surface area contributed by atoms with Crippen LogP contribution in [0.4, 0.5) is 22.4 Å². The molecule has 148 valence electrons. The molecule has 8 nitrogen and oxygen atoms in total. The van der Waals surface area contributed by atoms with Crippen LogP contribution in [0.1, 0.15) is 15.9 Å². The molecule has 1 saturated heterocycles. The lowest BCUT2D eigenvalue weighted by molar-refractivity contribution is -0.174. The molecule has 1 aromatic rings. The van der Waals surface area contributed by atoms with Crippen molar-refractivity contribution in [3.8, 4) is 0 Å². The zero-order valence-electron chi connectivity index (χ0n) is 13.9. The van der Waals surface area contributed by atoms with Crippen molar-refractivity contribution in [3.05, 3.63) is 35.1 Å². The van der Waals surface area contributed by atoms with Gasteiger partial charge in [0.25, 0.3) is 5.91 Å². The molecule has 4 amide bonds. The van der Waals surface area contributed by atoms with Crippen molar-refractivity contribution in [3.63, 3.8) is 0 Å². The molecule has 27 heavy (non-hydrogen) atoms. The van der Waals surface area contributed by atoms with Crippen molar-refractivity contribution in [2.45, 2.75) is 12.7 Å². The first-order chi connectivity index (χ1) is 12.7. The molecule has 0 aromatic heterocycles. The highest BCUT2D eigenvalue weighted by Crippen LogP contribution is 2.14. The second kappa shape index (κ2) is 8.66. The van der Waals surface area contributed by atoms with E-state index in [9.17, 15) is 31.9 Å². The summed E-state index contributed by atoms with van der Waals surface area (Å²) in [5.41, 5.74) is 2.47. The molecule has 0 aliphatic carbocycles. The first kappa shape index (κ1) is 20.4. The highest BCUT2D eigenvalue weighted by atomic mass is 19.4. The van der Waals surface area contributed by atoms with Crippen LogP contribution in [0.3, 0.4) is 0 Å². The van der Waals surface area contributed by atoms with Gasteiger partial charge >= 0.3 is 18.1 Å². The van der Waals surface area contributed by atoms with E-state index in [1.54, 1.807) is 0 Å². The quantitative estimate of drug-likeness (QED) is 0.521. The summed E-state index contributed by atoms with van der Waals surface area (Å²) in [5.74, 6) is -4.33. The summed E-state index contributed by atoms with van der Waals surface area (Å²) in [5, 5.41) is 2.52. The largest absolute Gasteiger partial charge is 0.472 e. The van der Waals surface area contributed by atoms with E-state index in [4.69, 9.17) is 4.74 Å². The SMILES string of the molecule is O=C(NNC(=O)C(F)(F)F)c1ccc(CNC(=O)N2CCOCC2)c(F)c1. The Morgan fingerprint density at radius 1 is 1.11 bits per heavy atom. The minimum absolute atomic E-state index is 0.0764. The number of urea groups is 1. The molecule has 1 aliphatic rings. The number of nitrogens with one attached hydrogen (secondary N) is 3. The number of halogens is 4. The van der Waals surface area contributed by atoms with E-state index < -0.39 is 29.8 Å². The predicted octanol–water partition coefficient (Wildman–Crippen LogP) is 0.691. The molecule has 1 aromatic carbocycles. The first-order valence-electron chi connectivity index (χ1n) is 7.75. The van der Waals surface area contributed by atoms with Gasteiger partial charge in [0, 0.05) is 30.8 Å². The van der Waals surface area contributed by atoms with E-state index in [-0.39, 0.29) is 17.7 Å². The van der Waals surface area contributed by atoms with Gasteiger partial charge in [0.15, 0.2) is 0 Å². The monoisotopic (exact) mass is 392 g/mol. The molecule has 1 aliphatic heterocycles. The summed E-state index contributed by atoms with van der Waals surface area (Å²) < 4.78 is 55.3. The highest BCUT2D eigenvalue weighted by Gasteiger charge is 2.39. The number of carbonyl (C=O) groups excluding carboxylic acids is 3. The number of morpholine rings is 1. The van der Waals surface area contributed by atoms with Crippen molar-refractivity contribution in [1.29, 1.82) is 0 Å². The van der Waals surface area contributed by atoms with E-state index in [1.165, 1.54) is 21.8 Å². The fraction of sp³-hybridized carbons (Fsp3) is 0.400. The first-order valence-corrected chi connectivity index (χ1v) is 7.75. The number of hydrogen-bond acceptors (Lipinski definition) is 4. The number of benzene rings is 1. The normalized spacial score (nSPS) is 14.4. The van der Waals surface area contributed by atoms with E-state index in [1.807, 2.05) is 0 Å². The molecule has 0 radical (unpaired) electrons. The second-order valence-electron chi connectivity index (χ2n) is 5.47. The van der Waals surface area contributed by atoms with Crippen LogP contribution in [-0.4, -0.2) is 55.2 Å². The van der Waals surface area contributed by atoms with Gasteiger partial charge in [-0.1, -0.05) is 6.07 Å². The summed E-state index contributed by atoms with van der Waals surface area (Å²) in [6.07, 6.45) is -5.17. The molecule has 1 heterocycles. The predicted molar refractivity (Wildman–Crippen MR) is 82.7 cm³/mol. The lowest BCUT2D eigenvalue weighted by atomic mass is 10.1. The zero-order valence-corrected chi connectivity index (χ0v) is 13.9. The Morgan fingerprint density at radius 3 is 2.37 bits per heavy atom. The lowest BCUT2D eigenvalue weighted by Gasteiger charge is -2.27. The second-order valence-corrected chi connectivity index (χ2v) is 5.47. The average Bonchev–Trinajstić information content (AvgIpc) is 2.64. The maximum Gasteiger partial charge on any atom is 0.472 e. The Labute approximate surface area is 150 Å². The summed E-state index contributed by atoms with van der Waals surface area (Å²) in [6, 6.07) is 2.74. The third kappa shape index (κ3) is 5.81. The zero-order chi connectivity index (χ0) is 20.0. The maximum atomic E-state index is 14.1. The van der Waals surface area contributed by atoms with Crippen LogP contribution in [0, 0.1) is 5.82 Å². The van der Waals surface area contributed by atoms with Crippen LogP contribution in [-0.2, 0) is 16.1 Å². The smallest absolute Gasteiger partial charge is 0.378 e. The minimum Gasteiger partial charge on any atom is -0.378 e. The van der Waals surface area contributed by atoms with Crippen LogP contribution < -0.4 is 16.2 Å². The van der Waals surface area contributed by atoms with Gasteiger partial charge in [-0.2, -0.15) is 13.2 Å². The lowest BCUT2D eigenvalue weighted by Crippen LogP contribution is -2.47. The summed E-state index contributed by atoms with van der Waals surface area (Å²) >= 11 is 0. The van der Waals surface area contributed by atoms with Crippen molar-refractivity contribution >= 4 is 17.8 Å². The number of nitrogens with zero attached hydrogens (tertiary/aromatic N) is 1. The average molecular weight is 392 g/mol. The Hall–Kier alpha value is -2.89. The van der Waals surface area contributed by atoms with Gasteiger partial charge in [0.05, 0.1) is 13.2 Å². The summed E-state index contributed by atoms with van der Waals surface area (Å²) in [6.45, 7) is 1.51. The minimum atomic E-state index is -5.17. The molecule has 0 unspecified atom stereocenters. The number of alkyl halides is 3. The van der Waals surface area contributed by atoms with Gasteiger partial charge < -0.3 is 15.0 Å². The van der Waals surface area contributed by atoms with E-state index in [2.05, 4.69) is 5.32 Å². The molecule has 0 spiro atoms. The topological polar surface area (TPSA) is 99.8 Å². The van der Waals surface area contributed by atoms with Crippen LogP contribution in [0.15, 0.2) is 18.2 Å². The van der Waals surface area contributed by atoms with Gasteiger partial charge in [0.1, 0.15) is 5.82 Å². The fourth-order valence-electron chi connectivity index (χ4n) is 2.14. The van der Waals surface area contributed by atoms with Gasteiger partial charge in [0.2, 0.25) is 0 Å². The van der Waals surface area contributed by atoms with Crippen LogP contribution in [0.25, 0.3) is 0 Å². The molecule has 0 saturated carbocycles. The van der Waals surface area contributed by atoms with Gasteiger partial charge in [-0.3, -0.25) is 20.4 Å². The van der Waals surface area contributed by atoms with Crippen LogP contribution in [0.2, 0.25) is 0 Å². The molecular formula is C15H16F4N4O4. The van der Waals surface area contributed by atoms with E-state index in [0.717, 1.165) is 12.1 Å². The van der Waals surface area contributed by atoms with Crippen molar-refractivity contribution < 1.29 is 36.7 Å². The van der Waals surface area contributed by atoms with E-state index in [0.29, 0.717) is 26.3 Å². The molecular weight excluding hydrogens is 376 g/mol. The van der Waals surface area contributed by atoms with E-state index >= 15 is 0 Å². The Balaban J connectivity index is 1.89. The molecule has 0 bridgehead atoms. The number of rotatable bonds is 3. The van der Waals surface area contributed by atoms with Crippen LogP contribution >= 0.6 is 0 Å². The molecule has 3 N–H and O–H groups in total. The maximum absolute atomic E-state index is 14.1. The summed E-state index contributed by atoms with van der Waals surface area (Å²) in [7, 11) is 0. The van der Waals surface area contributed by atoms with Crippen molar-refractivity contribution in [2.75, 3.05) is 26.3 Å². The Kier molecular flexibility index (Phi) is 6.55. The third-order valence-corrected chi connectivity index (χ3v) is 3.59. The Morgan fingerprint density at radius 2 is 1.78 bits per heavy atom. The molecule has 0 atom stereocenters. The number of carbonyl (C=O) groups is 3. The van der Waals surface area contributed by atoms with Gasteiger partial charge in [-0.25, -0.2) is 9.18 Å². The standard InChI is InChI=1S/C15H16F4N4O4/c16-11-7-9(12(24)21-22-13(25)15(17,18)19)1-2-10(11)8-20-14(26)23-3-5-27-6-4-23/h1-2,7H,3-6,8H2,(H,20,26)(H,21,24)(H,22,25).